The molecule has 12 heteroatoms. The van der Waals surface area contributed by atoms with Crippen LogP contribution in [0.2, 0.25) is 0 Å². The number of para-hydroxylation sites is 1. The van der Waals surface area contributed by atoms with E-state index in [9.17, 15) is 14.0 Å². The zero-order chi connectivity index (χ0) is 25.1. The molecular weight excluding hydrogens is 483 g/mol. The van der Waals surface area contributed by atoms with Crippen molar-refractivity contribution in [3.63, 3.8) is 0 Å². The molecule has 10 nitrogen and oxygen atoms in total. The van der Waals surface area contributed by atoms with Crippen LogP contribution in [-0.4, -0.2) is 40.6 Å². The van der Waals surface area contributed by atoms with E-state index in [2.05, 4.69) is 22.0 Å². The van der Waals surface area contributed by atoms with E-state index in [1.54, 1.807) is 43.6 Å². The molecule has 2 N–H and O–H groups in total. The molecule has 0 aliphatic carbocycles. The highest BCUT2D eigenvalue weighted by Crippen LogP contribution is 2.41. The van der Waals surface area contributed by atoms with Gasteiger partial charge in [0.2, 0.25) is 5.95 Å². The minimum atomic E-state index is -0.633. The standard InChI is InChI=1S/C24H21FN8O2S/c1-13-12-31(19-17-16(27-23(26)28-19)9-10-30(2)20(17)34)22(13)36-24-29-32-11-8-15(25)18(32)21(35)33(24)14-6-4-3-5-7-14/h3-11,13,22H,12H2,1-2H3,(H2,26,27,28)/t13-,22?/m0/s1. The Balaban J connectivity index is 1.50. The molecule has 0 bridgehead atoms. The van der Waals surface area contributed by atoms with Crippen LogP contribution in [-0.2, 0) is 7.05 Å². The van der Waals surface area contributed by atoms with E-state index in [1.165, 1.54) is 37.7 Å². The number of hydrogen-bond donors (Lipinski definition) is 1. The number of nitrogen functional groups attached to an aromatic ring is 1. The largest absolute Gasteiger partial charge is 0.368 e. The van der Waals surface area contributed by atoms with Gasteiger partial charge in [-0.25, -0.2) is 13.9 Å². The summed E-state index contributed by atoms with van der Waals surface area (Å²) in [5, 5.41) is 5.13. The number of rotatable bonds is 4. The molecule has 1 aromatic carbocycles. The molecule has 1 unspecified atom stereocenters. The Morgan fingerprint density at radius 2 is 1.83 bits per heavy atom. The van der Waals surface area contributed by atoms with Crippen LogP contribution in [0.15, 0.2) is 69.6 Å². The van der Waals surface area contributed by atoms with E-state index in [0.717, 1.165) is 0 Å². The lowest BCUT2D eigenvalue weighted by molar-refractivity contribution is 0.408. The minimum Gasteiger partial charge on any atom is -0.368 e. The van der Waals surface area contributed by atoms with Crippen LogP contribution in [0, 0.1) is 11.7 Å². The molecule has 5 aromatic rings. The highest BCUT2D eigenvalue weighted by atomic mass is 32.2. The number of fused-ring (bicyclic) bond motifs is 2. The van der Waals surface area contributed by atoms with Gasteiger partial charge in [-0.2, -0.15) is 4.98 Å². The Morgan fingerprint density at radius 1 is 1.06 bits per heavy atom. The number of hydrogen-bond acceptors (Lipinski definition) is 8. The van der Waals surface area contributed by atoms with Crippen LogP contribution in [0.3, 0.4) is 0 Å². The Kier molecular flexibility index (Phi) is 5.07. The van der Waals surface area contributed by atoms with Crippen LogP contribution in [0.4, 0.5) is 16.2 Å². The number of anilines is 2. The monoisotopic (exact) mass is 504 g/mol. The molecule has 0 amide bonds. The van der Waals surface area contributed by atoms with Crippen LogP contribution >= 0.6 is 11.8 Å². The van der Waals surface area contributed by atoms with E-state index < -0.39 is 11.4 Å². The number of aryl methyl sites for hydroxylation is 1. The Morgan fingerprint density at radius 3 is 2.58 bits per heavy atom. The molecule has 6 rings (SSSR count). The fourth-order valence-corrected chi connectivity index (χ4v) is 5.78. The predicted molar refractivity (Wildman–Crippen MR) is 136 cm³/mol. The first-order chi connectivity index (χ1) is 17.3. The maximum absolute atomic E-state index is 14.4. The van der Waals surface area contributed by atoms with Crippen LogP contribution in [0.25, 0.3) is 22.1 Å². The molecule has 1 fully saturated rings. The fraction of sp³-hybridized carbons (Fsp3) is 0.208. The molecule has 2 atom stereocenters. The van der Waals surface area contributed by atoms with Gasteiger partial charge in [0.25, 0.3) is 11.1 Å². The highest BCUT2D eigenvalue weighted by molar-refractivity contribution is 8.00. The molecule has 1 saturated heterocycles. The predicted octanol–water partition coefficient (Wildman–Crippen LogP) is 2.42. The fourth-order valence-electron chi connectivity index (χ4n) is 4.50. The topological polar surface area (TPSA) is 116 Å². The number of aromatic nitrogens is 6. The van der Waals surface area contributed by atoms with Crippen molar-refractivity contribution in [2.75, 3.05) is 17.2 Å². The molecule has 0 radical (unpaired) electrons. The summed E-state index contributed by atoms with van der Waals surface area (Å²) in [6.07, 6.45) is 3.07. The number of thioether (sulfide) groups is 1. The number of halogens is 1. The van der Waals surface area contributed by atoms with Crippen molar-refractivity contribution < 1.29 is 4.39 Å². The lowest BCUT2D eigenvalue weighted by Gasteiger charge is -2.46. The van der Waals surface area contributed by atoms with Crippen molar-refractivity contribution in [3.8, 4) is 5.69 Å². The van der Waals surface area contributed by atoms with Gasteiger partial charge >= 0.3 is 0 Å². The van der Waals surface area contributed by atoms with E-state index in [0.29, 0.717) is 34.1 Å². The number of pyridine rings is 1. The molecule has 4 aromatic heterocycles. The van der Waals surface area contributed by atoms with Crippen molar-refractivity contribution >= 4 is 39.9 Å². The number of benzene rings is 1. The second-order valence-electron chi connectivity index (χ2n) is 8.75. The van der Waals surface area contributed by atoms with Gasteiger partial charge in [-0.05, 0) is 24.3 Å². The van der Waals surface area contributed by atoms with Crippen LogP contribution in [0.1, 0.15) is 6.92 Å². The van der Waals surface area contributed by atoms with Gasteiger partial charge in [0.05, 0.1) is 16.6 Å². The zero-order valence-corrected chi connectivity index (χ0v) is 20.2. The first-order valence-electron chi connectivity index (χ1n) is 11.2. The minimum absolute atomic E-state index is 0.0672. The van der Waals surface area contributed by atoms with Crippen LogP contribution < -0.4 is 21.8 Å². The molecule has 0 spiro atoms. The Labute approximate surface area is 207 Å². The molecule has 5 heterocycles. The smallest absolute Gasteiger partial charge is 0.286 e. The first kappa shape index (κ1) is 22.3. The van der Waals surface area contributed by atoms with Crippen molar-refractivity contribution in [1.82, 2.24) is 28.7 Å². The Bertz CT molecular complexity index is 1760. The number of nitrogens with two attached hydrogens (primary N) is 1. The zero-order valence-electron chi connectivity index (χ0n) is 19.4. The van der Waals surface area contributed by atoms with Crippen molar-refractivity contribution in [3.05, 3.63) is 81.4 Å². The molecule has 1 aliphatic rings. The van der Waals surface area contributed by atoms with Crippen molar-refractivity contribution in [1.29, 1.82) is 0 Å². The highest BCUT2D eigenvalue weighted by Gasteiger charge is 2.40. The molecule has 36 heavy (non-hydrogen) atoms. The molecule has 1 aliphatic heterocycles. The van der Waals surface area contributed by atoms with E-state index in [-0.39, 0.29) is 28.3 Å². The van der Waals surface area contributed by atoms with Gasteiger partial charge in [-0.1, -0.05) is 36.9 Å². The van der Waals surface area contributed by atoms with Gasteiger partial charge in [-0.15, -0.1) is 5.10 Å². The third-order valence-electron chi connectivity index (χ3n) is 6.32. The summed E-state index contributed by atoms with van der Waals surface area (Å²) in [7, 11) is 1.67. The Hall–Kier alpha value is -4.19. The summed E-state index contributed by atoms with van der Waals surface area (Å²) in [6, 6.07) is 11.9. The van der Waals surface area contributed by atoms with Crippen molar-refractivity contribution in [2.24, 2.45) is 13.0 Å². The summed E-state index contributed by atoms with van der Waals surface area (Å²) in [5.74, 6) is 0.0479. The average molecular weight is 505 g/mol. The van der Waals surface area contributed by atoms with E-state index in [1.807, 2.05) is 11.0 Å². The lowest BCUT2D eigenvalue weighted by atomic mass is 10.0. The molecular formula is C24H21FN8O2S. The van der Waals surface area contributed by atoms with Gasteiger partial charge < -0.3 is 15.2 Å². The summed E-state index contributed by atoms with van der Waals surface area (Å²) < 4.78 is 18.6. The normalized spacial score (nSPS) is 17.6. The van der Waals surface area contributed by atoms with E-state index in [4.69, 9.17) is 5.73 Å². The lowest BCUT2D eigenvalue weighted by Crippen LogP contribution is -2.54. The maximum atomic E-state index is 14.4. The van der Waals surface area contributed by atoms with Crippen LogP contribution in [0.5, 0.6) is 0 Å². The molecule has 0 saturated carbocycles. The maximum Gasteiger partial charge on any atom is 0.286 e. The average Bonchev–Trinajstić information content (AvgIpc) is 3.24. The first-order valence-corrected chi connectivity index (χ1v) is 12.1. The summed E-state index contributed by atoms with van der Waals surface area (Å²) in [5.41, 5.74) is 6.16. The summed E-state index contributed by atoms with van der Waals surface area (Å²) in [4.78, 5) is 37.0. The van der Waals surface area contributed by atoms with Gasteiger partial charge in [0, 0.05) is 31.9 Å². The molecule has 182 valence electrons. The third kappa shape index (κ3) is 3.36. The summed E-state index contributed by atoms with van der Waals surface area (Å²) >= 11 is 1.35. The SMILES string of the molecule is C[C@H]1CN(c2nc(N)nc3ccn(C)c(=O)c23)C1Sc1nn2ccc(F)c2c(=O)n1-c1ccccc1. The number of nitrogens with zero attached hydrogens (tertiary/aromatic N) is 7. The van der Waals surface area contributed by atoms with Crippen molar-refractivity contribution in [2.45, 2.75) is 17.5 Å². The van der Waals surface area contributed by atoms with E-state index >= 15 is 0 Å². The second-order valence-corrected chi connectivity index (χ2v) is 9.83. The van der Waals surface area contributed by atoms with Gasteiger partial charge in [0.15, 0.2) is 16.5 Å². The quantitative estimate of drug-likeness (QED) is 0.397. The van der Waals surface area contributed by atoms with Gasteiger partial charge in [-0.3, -0.25) is 14.2 Å². The van der Waals surface area contributed by atoms with Gasteiger partial charge in [0.1, 0.15) is 11.2 Å². The summed E-state index contributed by atoms with van der Waals surface area (Å²) in [6.45, 7) is 2.69. The second kappa shape index (κ2) is 8.19. The third-order valence-corrected chi connectivity index (χ3v) is 7.76.